The lowest BCUT2D eigenvalue weighted by atomic mass is 10.2. The van der Waals surface area contributed by atoms with Gasteiger partial charge in [-0.2, -0.15) is 0 Å². The summed E-state index contributed by atoms with van der Waals surface area (Å²) < 4.78 is 1.56. The van der Waals surface area contributed by atoms with Crippen molar-refractivity contribution in [3.63, 3.8) is 0 Å². The van der Waals surface area contributed by atoms with Gasteiger partial charge >= 0.3 is 5.69 Å². The second-order valence-electron chi connectivity index (χ2n) is 4.25. The molecule has 102 valence electrons. The Balaban J connectivity index is 2.42. The first-order valence-corrected chi connectivity index (χ1v) is 6.97. The average molecular weight is 300 g/mol. The summed E-state index contributed by atoms with van der Waals surface area (Å²) in [7, 11) is 0. The van der Waals surface area contributed by atoms with Crippen molar-refractivity contribution in [2.45, 2.75) is 36.5 Å². The number of aromatic nitrogens is 3. The van der Waals surface area contributed by atoms with E-state index in [-0.39, 0.29) is 18.3 Å². The van der Waals surface area contributed by atoms with Gasteiger partial charge in [0.05, 0.1) is 6.61 Å². The molecule has 19 heavy (non-hydrogen) atoms. The second kappa shape index (κ2) is 5.81. The third kappa shape index (κ3) is 2.86. The van der Waals surface area contributed by atoms with Gasteiger partial charge in [0.2, 0.25) is 0 Å². The first-order valence-electron chi connectivity index (χ1n) is 5.77. The van der Waals surface area contributed by atoms with Crippen LogP contribution in [0.15, 0.2) is 33.0 Å². The number of hydrogen-bond acceptors (Lipinski definition) is 4. The largest absolute Gasteiger partial charge is 0.392 e. The number of halogens is 1. The van der Waals surface area contributed by atoms with E-state index in [1.54, 1.807) is 16.7 Å². The number of benzene rings is 1. The Morgan fingerprint density at radius 2 is 2.26 bits per heavy atom. The fourth-order valence-corrected chi connectivity index (χ4v) is 3.12. The Hall–Kier alpha value is -1.24. The van der Waals surface area contributed by atoms with Crippen molar-refractivity contribution in [2.75, 3.05) is 0 Å². The highest BCUT2D eigenvalue weighted by molar-refractivity contribution is 7.99. The Morgan fingerprint density at radius 3 is 2.89 bits per heavy atom. The Labute approximate surface area is 119 Å². The van der Waals surface area contributed by atoms with Gasteiger partial charge in [0, 0.05) is 21.5 Å². The first-order chi connectivity index (χ1) is 9.04. The van der Waals surface area contributed by atoms with E-state index in [2.05, 4.69) is 10.2 Å². The minimum atomic E-state index is -0.245. The van der Waals surface area contributed by atoms with Crippen LogP contribution in [0.2, 0.25) is 5.02 Å². The van der Waals surface area contributed by atoms with Crippen molar-refractivity contribution in [3.8, 4) is 0 Å². The summed E-state index contributed by atoms with van der Waals surface area (Å²) in [6.45, 7) is 3.66. The Kier molecular flexibility index (Phi) is 4.34. The quantitative estimate of drug-likeness (QED) is 0.910. The van der Waals surface area contributed by atoms with E-state index in [1.807, 2.05) is 19.9 Å². The van der Waals surface area contributed by atoms with Gasteiger partial charge in [-0.1, -0.05) is 17.7 Å². The van der Waals surface area contributed by atoms with Crippen molar-refractivity contribution in [1.82, 2.24) is 14.8 Å². The van der Waals surface area contributed by atoms with E-state index >= 15 is 0 Å². The van der Waals surface area contributed by atoms with Crippen LogP contribution in [0.1, 0.15) is 25.5 Å². The molecule has 0 aliphatic rings. The average Bonchev–Trinajstić information content (AvgIpc) is 2.71. The highest BCUT2D eigenvalue weighted by atomic mass is 35.5. The molecule has 0 fully saturated rings. The number of aromatic amines is 1. The van der Waals surface area contributed by atoms with Gasteiger partial charge in [0.15, 0.2) is 5.16 Å². The molecule has 0 atom stereocenters. The highest BCUT2D eigenvalue weighted by Gasteiger charge is 2.15. The van der Waals surface area contributed by atoms with Crippen LogP contribution in [-0.2, 0) is 6.61 Å². The van der Waals surface area contributed by atoms with Crippen molar-refractivity contribution in [3.05, 3.63) is 39.3 Å². The standard InChI is InChI=1S/C12H14ClN3O2S/c1-7(2)16-11(18)14-15-12(16)19-10-5-3-4-9(13)8(10)6-17/h3-5,7,17H,6H2,1-2H3,(H,14,18). The molecule has 0 bridgehead atoms. The van der Waals surface area contributed by atoms with Crippen LogP contribution in [0, 0.1) is 0 Å². The Bertz CT molecular complexity index is 636. The number of aliphatic hydroxyl groups is 1. The minimum Gasteiger partial charge on any atom is -0.392 e. The van der Waals surface area contributed by atoms with E-state index in [4.69, 9.17) is 11.6 Å². The lowest BCUT2D eigenvalue weighted by molar-refractivity contribution is 0.279. The van der Waals surface area contributed by atoms with Gasteiger partial charge in [0.25, 0.3) is 0 Å². The predicted octanol–water partition coefficient (Wildman–Crippen LogP) is 2.45. The molecule has 0 aliphatic carbocycles. The van der Waals surface area contributed by atoms with Crippen LogP contribution < -0.4 is 5.69 Å². The molecule has 0 radical (unpaired) electrons. The van der Waals surface area contributed by atoms with Crippen LogP contribution in [0.5, 0.6) is 0 Å². The molecule has 1 heterocycles. The third-order valence-corrected chi connectivity index (χ3v) is 4.05. The van der Waals surface area contributed by atoms with E-state index in [9.17, 15) is 9.90 Å². The van der Waals surface area contributed by atoms with Crippen molar-refractivity contribution < 1.29 is 5.11 Å². The summed E-state index contributed by atoms with van der Waals surface area (Å²) in [5.74, 6) is 0. The number of H-pyrrole nitrogens is 1. The molecule has 0 saturated heterocycles. The van der Waals surface area contributed by atoms with Gasteiger partial charge in [-0.05, 0) is 37.7 Å². The summed E-state index contributed by atoms with van der Waals surface area (Å²) in [5, 5.41) is 16.9. The molecule has 0 spiro atoms. The Morgan fingerprint density at radius 1 is 1.53 bits per heavy atom. The maximum Gasteiger partial charge on any atom is 0.344 e. The number of aliphatic hydroxyl groups excluding tert-OH is 1. The summed E-state index contributed by atoms with van der Waals surface area (Å²) in [4.78, 5) is 12.4. The van der Waals surface area contributed by atoms with E-state index in [0.29, 0.717) is 15.7 Å². The molecule has 7 heteroatoms. The van der Waals surface area contributed by atoms with Crippen LogP contribution in [-0.4, -0.2) is 19.9 Å². The molecule has 1 aromatic heterocycles. The molecule has 5 nitrogen and oxygen atoms in total. The topological polar surface area (TPSA) is 70.9 Å². The third-order valence-electron chi connectivity index (χ3n) is 2.62. The van der Waals surface area contributed by atoms with Crippen molar-refractivity contribution in [1.29, 1.82) is 0 Å². The SMILES string of the molecule is CC(C)n1c(Sc2cccc(Cl)c2CO)n[nH]c1=O. The molecule has 2 aromatic rings. The zero-order valence-electron chi connectivity index (χ0n) is 10.6. The first kappa shape index (κ1) is 14.2. The van der Waals surface area contributed by atoms with Crippen LogP contribution in [0.4, 0.5) is 0 Å². The summed E-state index contributed by atoms with van der Waals surface area (Å²) in [6, 6.07) is 5.36. The molecule has 2 rings (SSSR count). The number of rotatable bonds is 4. The maximum atomic E-state index is 11.6. The lowest BCUT2D eigenvalue weighted by Crippen LogP contribution is -2.19. The zero-order chi connectivity index (χ0) is 14.0. The summed E-state index contributed by atoms with van der Waals surface area (Å²) in [5.41, 5.74) is 0.394. The fraction of sp³-hybridized carbons (Fsp3) is 0.333. The molecular weight excluding hydrogens is 286 g/mol. The zero-order valence-corrected chi connectivity index (χ0v) is 12.1. The van der Waals surface area contributed by atoms with E-state index < -0.39 is 0 Å². The van der Waals surface area contributed by atoms with Crippen LogP contribution in [0.3, 0.4) is 0 Å². The van der Waals surface area contributed by atoms with E-state index in [1.165, 1.54) is 11.8 Å². The summed E-state index contributed by atoms with van der Waals surface area (Å²) >= 11 is 7.34. The molecule has 2 N–H and O–H groups in total. The van der Waals surface area contributed by atoms with E-state index in [0.717, 1.165) is 4.90 Å². The molecule has 0 aliphatic heterocycles. The molecule has 0 saturated carbocycles. The van der Waals surface area contributed by atoms with Gasteiger partial charge in [-0.3, -0.25) is 4.57 Å². The van der Waals surface area contributed by atoms with Gasteiger partial charge in [-0.25, -0.2) is 9.89 Å². The predicted molar refractivity (Wildman–Crippen MR) is 74.7 cm³/mol. The molecule has 0 unspecified atom stereocenters. The smallest absolute Gasteiger partial charge is 0.344 e. The van der Waals surface area contributed by atoms with Gasteiger partial charge in [-0.15, -0.1) is 5.10 Å². The maximum absolute atomic E-state index is 11.6. The highest BCUT2D eigenvalue weighted by Crippen LogP contribution is 2.33. The minimum absolute atomic E-state index is 0.00510. The number of hydrogen-bond donors (Lipinski definition) is 2. The second-order valence-corrected chi connectivity index (χ2v) is 5.67. The monoisotopic (exact) mass is 299 g/mol. The van der Waals surface area contributed by atoms with Crippen molar-refractivity contribution in [2.24, 2.45) is 0 Å². The molecular formula is C12H14ClN3O2S. The number of nitrogens with zero attached hydrogens (tertiary/aromatic N) is 2. The van der Waals surface area contributed by atoms with Crippen molar-refractivity contribution >= 4 is 23.4 Å². The fourth-order valence-electron chi connectivity index (χ4n) is 1.70. The lowest BCUT2D eigenvalue weighted by Gasteiger charge is -2.11. The molecule has 0 amide bonds. The van der Waals surface area contributed by atoms with Crippen LogP contribution >= 0.6 is 23.4 Å². The normalized spacial score (nSPS) is 11.2. The summed E-state index contributed by atoms with van der Waals surface area (Å²) in [6.07, 6.45) is 0. The van der Waals surface area contributed by atoms with Gasteiger partial charge in [0.1, 0.15) is 0 Å². The van der Waals surface area contributed by atoms with Crippen LogP contribution in [0.25, 0.3) is 0 Å². The number of nitrogens with one attached hydrogen (secondary N) is 1. The van der Waals surface area contributed by atoms with Gasteiger partial charge < -0.3 is 5.11 Å². The molecule has 1 aromatic carbocycles.